The van der Waals surface area contributed by atoms with Crippen LogP contribution in [0.5, 0.6) is 0 Å². The molecule has 5 nitrogen and oxygen atoms in total. The number of allylic oxidation sites excluding steroid dienone is 1. The molecule has 0 rings (SSSR count). The van der Waals surface area contributed by atoms with Crippen LogP contribution in [-0.2, 0) is 9.59 Å². The van der Waals surface area contributed by atoms with E-state index in [4.69, 9.17) is 10.8 Å². The average Bonchev–Trinajstić information content (AvgIpc) is 2.53. The van der Waals surface area contributed by atoms with Crippen molar-refractivity contribution in [1.29, 1.82) is 0 Å². The van der Waals surface area contributed by atoms with Crippen molar-refractivity contribution < 1.29 is 14.7 Å². The molecule has 0 aromatic carbocycles. The normalized spacial score (nSPS) is 12.0. The zero-order valence-electron chi connectivity index (χ0n) is 16.2. The quantitative estimate of drug-likeness (QED) is 0.240. The number of hydrogen-bond acceptors (Lipinski definition) is 3. The molecule has 6 N–H and O–H groups in total. The number of primary amides is 1. The highest BCUT2D eigenvalue weighted by atomic mass is 16.4. The molecule has 0 aliphatic rings. The molecule has 0 aromatic heterocycles. The lowest BCUT2D eigenvalue weighted by Gasteiger charge is -2.04. The van der Waals surface area contributed by atoms with Crippen LogP contribution in [0.2, 0.25) is 0 Å². The number of nitrogens with two attached hydrogens (primary N) is 1. The Morgan fingerprint density at radius 3 is 1.72 bits per heavy atom. The second-order valence-corrected chi connectivity index (χ2v) is 6.72. The molecule has 0 aliphatic carbocycles. The molecule has 5 heteroatoms. The van der Waals surface area contributed by atoms with Crippen molar-refractivity contribution >= 4 is 11.9 Å². The van der Waals surface area contributed by atoms with E-state index in [-0.39, 0.29) is 12.6 Å². The minimum absolute atomic E-state index is 0. The number of unbranched alkanes of at least 4 members (excludes halogenated alkanes) is 12. The number of carboxylic acid groups (broad SMARTS) is 1. The van der Waals surface area contributed by atoms with E-state index in [2.05, 4.69) is 6.92 Å². The van der Waals surface area contributed by atoms with E-state index in [9.17, 15) is 9.59 Å². The third-order valence-electron chi connectivity index (χ3n) is 4.33. The van der Waals surface area contributed by atoms with Crippen LogP contribution in [0.15, 0.2) is 12.2 Å². The molecule has 0 saturated carbocycles. The first-order valence-electron chi connectivity index (χ1n) is 9.75. The predicted octanol–water partition coefficient (Wildman–Crippen LogP) is 5.37. The number of amides is 1. The van der Waals surface area contributed by atoms with E-state index < -0.39 is 17.8 Å². The smallest absolute Gasteiger partial charge is 0.310 e. The average molecular weight is 357 g/mol. The van der Waals surface area contributed by atoms with Crippen molar-refractivity contribution in [1.82, 2.24) is 6.15 Å². The first kappa shape index (κ1) is 25.9. The molecule has 25 heavy (non-hydrogen) atoms. The highest BCUT2D eigenvalue weighted by Gasteiger charge is 2.15. The first-order valence-corrected chi connectivity index (χ1v) is 9.75. The molecule has 1 atom stereocenters. The van der Waals surface area contributed by atoms with Crippen molar-refractivity contribution in [2.75, 3.05) is 0 Å². The molecule has 0 bridgehead atoms. The lowest BCUT2D eigenvalue weighted by atomic mass is 10.0. The van der Waals surface area contributed by atoms with Crippen LogP contribution in [0.25, 0.3) is 0 Å². The van der Waals surface area contributed by atoms with E-state index in [0.29, 0.717) is 0 Å². The molecule has 0 heterocycles. The summed E-state index contributed by atoms with van der Waals surface area (Å²) in [4.78, 5) is 21.7. The monoisotopic (exact) mass is 356 g/mol. The van der Waals surface area contributed by atoms with E-state index in [1.807, 2.05) is 6.08 Å². The standard InChI is InChI=1S/C20H37NO3.H3N/c1-2-3-4-5-6-7-8-9-10-11-12-13-14-15-16-18(20(23)24)17-19(21)22;/h15-16,18H,2-14,17H2,1H3,(H2,21,22)(H,23,24);1H3. The SMILES string of the molecule is CCCCCCCCCCCCCCC=CC(CC(N)=O)C(=O)O.N. The van der Waals surface area contributed by atoms with E-state index in [1.165, 1.54) is 70.6 Å². The zero-order chi connectivity index (χ0) is 18.0. The summed E-state index contributed by atoms with van der Waals surface area (Å²) in [6.45, 7) is 2.25. The Hall–Kier alpha value is -1.36. The fraction of sp³-hybridized carbons (Fsp3) is 0.800. The second kappa shape index (κ2) is 19.0. The summed E-state index contributed by atoms with van der Waals surface area (Å²) in [6, 6.07) is 0. The van der Waals surface area contributed by atoms with Gasteiger partial charge >= 0.3 is 5.97 Å². The Morgan fingerprint density at radius 2 is 1.32 bits per heavy atom. The molecule has 0 fully saturated rings. The molecule has 1 unspecified atom stereocenters. The summed E-state index contributed by atoms with van der Waals surface area (Å²) in [7, 11) is 0. The van der Waals surface area contributed by atoms with E-state index >= 15 is 0 Å². The van der Waals surface area contributed by atoms with Gasteiger partial charge in [-0.1, -0.05) is 89.7 Å². The third kappa shape index (κ3) is 18.8. The fourth-order valence-electron chi connectivity index (χ4n) is 2.82. The summed E-state index contributed by atoms with van der Waals surface area (Å²) in [5.74, 6) is -2.34. The molecule has 0 radical (unpaired) electrons. The summed E-state index contributed by atoms with van der Waals surface area (Å²) < 4.78 is 0. The van der Waals surface area contributed by atoms with Gasteiger partial charge in [0.2, 0.25) is 5.91 Å². The van der Waals surface area contributed by atoms with Gasteiger partial charge in [-0.25, -0.2) is 0 Å². The molecule has 0 aromatic rings. The van der Waals surface area contributed by atoms with Crippen molar-refractivity contribution in [3.63, 3.8) is 0 Å². The van der Waals surface area contributed by atoms with Crippen molar-refractivity contribution in [2.45, 2.75) is 96.8 Å². The fourth-order valence-corrected chi connectivity index (χ4v) is 2.82. The van der Waals surface area contributed by atoms with Crippen molar-refractivity contribution in [3.05, 3.63) is 12.2 Å². The minimum atomic E-state index is -0.986. The van der Waals surface area contributed by atoms with Crippen molar-refractivity contribution in [3.8, 4) is 0 Å². The maximum Gasteiger partial charge on any atom is 0.310 e. The Morgan fingerprint density at radius 1 is 0.880 bits per heavy atom. The van der Waals surface area contributed by atoms with Crippen molar-refractivity contribution in [2.24, 2.45) is 11.7 Å². The van der Waals surface area contributed by atoms with E-state index in [1.54, 1.807) is 6.08 Å². The van der Waals surface area contributed by atoms with Gasteiger partial charge in [0.05, 0.1) is 5.92 Å². The molecular weight excluding hydrogens is 316 g/mol. The van der Waals surface area contributed by atoms with Gasteiger partial charge in [0.15, 0.2) is 0 Å². The Kier molecular flexibility index (Phi) is 19.6. The molecular formula is C20H40N2O3. The van der Waals surface area contributed by atoms with Crippen LogP contribution in [-0.4, -0.2) is 17.0 Å². The number of carbonyl (C=O) groups excluding carboxylic acids is 1. The maximum absolute atomic E-state index is 10.9. The lowest BCUT2D eigenvalue weighted by Crippen LogP contribution is -2.20. The molecule has 148 valence electrons. The van der Waals surface area contributed by atoms with Crippen LogP contribution >= 0.6 is 0 Å². The number of hydrogen-bond donors (Lipinski definition) is 3. The Bertz CT molecular complexity index is 357. The Labute approximate surface area is 154 Å². The van der Waals surface area contributed by atoms with Gasteiger partial charge < -0.3 is 17.0 Å². The van der Waals surface area contributed by atoms with Crippen LogP contribution in [0.1, 0.15) is 96.8 Å². The topological polar surface area (TPSA) is 115 Å². The number of rotatable bonds is 17. The number of carbonyl (C=O) groups is 2. The third-order valence-corrected chi connectivity index (χ3v) is 4.33. The van der Waals surface area contributed by atoms with Gasteiger partial charge in [-0.2, -0.15) is 0 Å². The molecule has 0 spiro atoms. The van der Waals surface area contributed by atoms with Gasteiger partial charge in [0.1, 0.15) is 0 Å². The summed E-state index contributed by atoms with van der Waals surface area (Å²) in [5.41, 5.74) is 5.05. The largest absolute Gasteiger partial charge is 0.481 e. The lowest BCUT2D eigenvalue weighted by molar-refractivity contribution is -0.141. The maximum atomic E-state index is 10.9. The van der Waals surface area contributed by atoms with Gasteiger partial charge in [-0.05, 0) is 12.8 Å². The second-order valence-electron chi connectivity index (χ2n) is 6.72. The summed E-state index contributed by atoms with van der Waals surface area (Å²) in [6.07, 6.45) is 20.0. The van der Waals surface area contributed by atoms with Gasteiger partial charge in [-0.15, -0.1) is 0 Å². The number of aliphatic carboxylic acids is 1. The van der Waals surface area contributed by atoms with Crippen LogP contribution in [0.4, 0.5) is 0 Å². The molecule has 0 aliphatic heterocycles. The van der Waals surface area contributed by atoms with Crippen LogP contribution in [0.3, 0.4) is 0 Å². The number of carboxylic acids is 1. The van der Waals surface area contributed by atoms with Crippen LogP contribution < -0.4 is 11.9 Å². The summed E-state index contributed by atoms with van der Waals surface area (Å²) >= 11 is 0. The first-order chi connectivity index (χ1) is 11.6. The van der Waals surface area contributed by atoms with Gasteiger partial charge in [-0.3, -0.25) is 9.59 Å². The highest BCUT2D eigenvalue weighted by Crippen LogP contribution is 2.13. The van der Waals surface area contributed by atoms with Gasteiger partial charge in [0.25, 0.3) is 0 Å². The Balaban J connectivity index is 0. The zero-order valence-corrected chi connectivity index (χ0v) is 16.2. The highest BCUT2D eigenvalue weighted by molar-refractivity contribution is 5.82. The molecule has 1 amide bonds. The predicted molar refractivity (Wildman–Crippen MR) is 105 cm³/mol. The van der Waals surface area contributed by atoms with E-state index in [0.717, 1.165) is 12.8 Å². The molecule has 0 saturated heterocycles. The summed E-state index contributed by atoms with van der Waals surface area (Å²) in [5, 5.41) is 8.97. The van der Waals surface area contributed by atoms with Gasteiger partial charge in [0, 0.05) is 6.42 Å². The van der Waals surface area contributed by atoms with Crippen LogP contribution in [0, 0.1) is 5.92 Å². The minimum Gasteiger partial charge on any atom is -0.481 e.